The van der Waals surface area contributed by atoms with E-state index in [2.05, 4.69) is 44.1 Å². The van der Waals surface area contributed by atoms with E-state index in [-0.39, 0.29) is 0 Å². The van der Waals surface area contributed by atoms with Crippen molar-refractivity contribution in [2.75, 3.05) is 13.1 Å². The molecule has 0 spiro atoms. The Bertz CT molecular complexity index is 735. The molecule has 0 amide bonds. The van der Waals surface area contributed by atoms with Crippen molar-refractivity contribution in [2.45, 2.75) is 74.6 Å². The summed E-state index contributed by atoms with van der Waals surface area (Å²) in [6.45, 7) is 6.33. The van der Waals surface area contributed by atoms with E-state index < -0.39 is 0 Å². The van der Waals surface area contributed by atoms with Crippen LogP contribution in [0, 0.1) is 0 Å². The Morgan fingerprint density at radius 3 is 2.40 bits per heavy atom. The van der Waals surface area contributed by atoms with E-state index in [1.807, 2.05) is 0 Å². The smallest absolute Gasteiger partial charge is 0.217 e. The highest BCUT2D eigenvalue weighted by atomic mass is 32.2. The molecule has 2 aromatic heterocycles. The van der Waals surface area contributed by atoms with Crippen molar-refractivity contribution in [3.05, 3.63) is 17.2 Å². The Labute approximate surface area is 152 Å². The Hall–Kier alpha value is -1.54. The van der Waals surface area contributed by atoms with Crippen LogP contribution in [0.3, 0.4) is 0 Å². The quantitative estimate of drug-likeness (QED) is 0.849. The van der Waals surface area contributed by atoms with E-state index in [1.165, 1.54) is 24.6 Å². The van der Waals surface area contributed by atoms with Gasteiger partial charge < -0.3 is 9.88 Å². The summed E-state index contributed by atoms with van der Waals surface area (Å²) in [5.41, 5.74) is 2.03. The van der Waals surface area contributed by atoms with Crippen LogP contribution in [0.4, 0.5) is 0 Å². The van der Waals surface area contributed by atoms with Crippen LogP contribution < -0.4 is 5.32 Å². The number of hydrogen-bond donors (Lipinski definition) is 1. The molecule has 1 aliphatic heterocycles. The van der Waals surface area contributed by atoms with Crippen LogP contribution in [0.2, 0.25) is 0 Å². The summed E-state index contributed by atoms with van der Waals surface area (Å²) in [7, 11) is 0. The monoisotopic (exact) mass is 359 g/mol. The van der Waals surface area contributed by atoms with Crippen molar-refractivity contribution in [3.63, 3.8) is 0 Å². The topological polar surface area (TPSA) is 81.4 Å². The summed E-state index contributed by atoms with van der Waals surface area (Å²) in [4.78, 5) is 4.70. The molecule has 0 atom stereocenters. The highest BCUT2D eigenvalue weighted by molar-refractivity contribution is 7.99. The molecule has 0 bridgehead atoms. The van der Waals surface area contributed by atoms with Crippen LogP contribution in [-0.2, 0) is 12.8 Å². The Morgan fingerprint density at radius 2 is 1.72 bits per heavy atom. The zero-order valence-corrected chi connectivity index (χ0v) is 15.7. The Kier molecular flexibility index (Phi) is 4.98. The average Bonchev–Trinajstić information content (AvgIpc) is 3.42. The first-order valence-corrected chi connectivity index (χ1v) is 10.2. The first kappa shape index (κ1) is 16.9. The van der Waals surface area contributed by atoms with Gasteiger partial charge in [-0.05, 0) is 63.4 Å². The fourth-order valence-corrected chi connectivity index (χ4v) is 4.26. The highest BCUT2D eigenvalue weighted by Crippen LogP contribution is 2.42. The second-order valence-electron chi connectivity index (χ2n) is 6.76. The predicted molar refractivity (Wildman–Crippen MR) is 95.8 cm³/mol. The lowest BCUT2D eigenvalue weighted by atomic mass is 9.97. The largest absolute Gasteiger partial charge is 0.317 e. The van der Waals surface area contributed by atoms with Crippen LogP contribution >= 0.6 is 11.8 Å². The average molecular weight is 360 g/mol. The van der Waals surface area contributed by atoms with Gasteiger partial charge in [0, 0.05) is 12.0 Å². The van der Waals surface area contributed by atoms with Crippen LogP contribution in [0.5, 0.6) is 0 Å². The van der Waals surface area contributed by atoms with E-state index >= 15 is 0 Å². The zero-order chi connectivity index (χ0) is 17.2. The van der Waals surface area contributed by atoms with Crippen molar-refractivity contribution in [1.29, 1.82) is 0 Å². The number of hydrogen-bond acceptors (Lipinski definition) is 7. The van der Waals surface area contributed by atoms with Crippen molar-refractivity contribution in [1.82, 2.24) is 35.3 Å². The third-order valence-corrected chi connectivity index (χ3v) is 5.80. The van der Waals surface area contributed by atoms with Gasteiger partial charge in [-0.15, -0.1) is 15.3 Å². The molecule has 134 valence electrons. The van der Waals surface area contributed by atoms with E-state index in [1.54, 1.807) is 0 Å². The molecule has 7 nitrogen and oxygen atoms in total. The molecular formula is C17H25N7S. The van der Waals surface area contributed by atoms with Gasteiger partial charge in [0.1, 0.15) is 5.82 Å². The zero-order valence-electron chi connectivity index (χ0n) is 14.9. The van der Waals surface area contributed by atoms with Crippen molar-refractivity contribution in [2.24, 2.45) is 0 Å². The molecule has 2 aromatic rings. The number of piperidine rings is 1. The molecule has 0 aromatic carbocycles. The summed E-state index contributed by atoms with van der Waals surface area (Å²) in [5, 5.41) is 22.7. The highest BCUT2D eigenvalue weighted by Gasteiger charge is 2.33. The van der Waals surface area contributed by atoms with Gasteiger partial charge >= 0.3 is 0 Å². The predicted octanol–water partition coefficient (Wildman–Crippen LogP) is 2.54. The van der Waals surface area contributed by atoms with Gasteiger partial charge in [0.05, 0.1) is 11.4 Å². The second kappa shape index (κ2) is 7.37. The van der Waals surface area contributed by atoms with Crippen molar-refractivity contribution in [3.8, 4) is 0 Å². The summed E-state index contributed by atoms with van der Waals surface area (Å²) >= 11 is 1.51. The Balaban J connectivity index is 1.61. The maximum absolute atomic E-state index is 4.70. The fraction of sp³-hybridized carbons (Fsp3) is 0.706. The van der Waals surface area contributed by atoms with Crippen LogP contribution in [0.1, 0.15) is 68.7 Å². The van der Waals surface area contributed by atoms with E-state index in [4.69, 9.17) is 4.98 Å². The molecule has 3 heterocycles. The van der Waals surface area contributed by atoms with Gasteiger partial charge in [0.2, 0.25) is 5.16 Å². The summed E-state index contributed by atoms with van der Waals surface area (Å²) in [6, 6.07) is 0.552. The van der Waals surface area contributed by atoms with Crippen LogP contribution in [0.15, 0.2) is 10.3 Å². The van der Waals surface area contributed by atoms with Gasteiger partial charge in [-0.3, -0.25) is 0 Å². The molecule has 25 heavy (non-hydrogen) atoms. The lowest BCUT2D eigenvalue weighted by Gasteiger charge is -2.22. The fourth-order valence-electron chi connectivity index (χ4n) is 3.44. The van der Waals surface area contributed by atoms with E-state index in [0.29, 0.717) is 17.1 Å². The summed E-state index contributed by atoms with van der Waals surface area (Å²) in [6.07, 6.45) is 6.46. The minimum atomic E-state index is 0.511. The molecule has 1 saturated carbocycles. The van der Waals surface area contributed by atoms with Crippen LogP contribution in [0.25, 0.3) is 0 Å². The standard InChI is InChI=1S/C17H25N7S/c1-3-13-14(4-2)20-22-16(19-13)25-17-23-21-15(24(17)12-5-6-12)11-7-9-18-10-8-11/h11-12,18H,3-10H2,1-2H3. The van der Waals surface area contributed by atoms with Crippen molar-refractivity contribution < 1.29 is 0 Å². The third kappa shape index (κ3) is 3.55. The van der Waals surface area contributed by atoms with Gasteiger partial charge in [-0.1, -0.05) is 13.8 Å². The molecule has 0 unspecified atom stereocenters. The molecule has 0 radical (unpaired) electrons. The lowest BCUT2D eigenvalue weighted by Crippen LogP contribution is -2.28. The minimum Gasteiger partial charge on any atom is -0.317 e. The number of nitrogens with one attached hydrogen (secondary N) is 1. The summed E-state index contributed by atoms with van der Waals surface area (Å²) < 4.78 is 2.35. The first-order chi connectivity index (χ1) is 12.3. The van der Waals surface area contributed by atoms with Gasteiger partial charge in [-0.25, -0.2) is 4.98 Å². The van der Waals surface area contributed by atoms with Gasteiger partial charge in [-0.2, -0.15) is 5.10 Å². The third-order valence-electron chi connectivity index (χ3n) is 4.98. The normalized spacial score (nSPS) is 18.6. The first-order valence-electron chi connectivity index (χ1n) is 9.36. The lowest BCUT2D eigenvalue weighted by molar-refractivity contribution is 0.426. The number of aryl methyl sites for hydroxylation is 2. The van der Waals surface area contributed by atoms with Crippen LogP contribution in [-0.4, -0.2) is 43.0 Å². The molecule has 1 aliphatic carbocycles. The minimum absolute atomic E-state index is 0.511. The molecular weight excluding hydrogens is 334 g/mol. The maximum atomic E-state index is 4.70. The van der Waals surface area contributed by atoms with Crippen molar-refractivity contribution >= 4 is 11.8 Å². The van der Waals surface area contributed by atoms with Gasteiger partial charge in [0.15, 0.2) is 5.16 Å². The van der Waals surface area contributed by atoms with E-state index in [9.17, 15) is 0 Å². The second-order valence-corrected chi connectivity index (χ2v) is 7.70. The molecule has 8 heteroatoms. The molecule has 1 N–H and O–H groups in total. The Morgan fingerprint density at radius 1 is 0.960 bits per heavy atom. The molecule has 1 saturated heterocycles. The number of aromatic nitrogens is 6. The van der Waals surface area contributed by atoms with Gasteiger partial charge in [0.25, 0.3) is 0 Å². The number of nitrogens with zero attached hydrogens (tertiary/aromatic N) is 6. The SMILES string of the molecule is CCc1nnc(Sc2nnc(C3CCNCC3)n2C2CC2)nc1CC. The molecule has 2 fully saturated rings. The van der Waals surface area contributed by atoms with E-state index in [0.717, 1.165) is 61.1 Å². The summed E-state index contributed by atoms with van der Waals surface area (Å²) in [5.74, 6) is 1.66. The molecule has 4 rings (SSSR count). The molecule has 2 aliphatic rings. The maximum Gasteiger partial charge on any atom is 0.217 e. The number of rotatable bonds is 6.